The molecule has 1 aliphatic heterocycles. The van der Waals surface area contributed by atoms with Gasteiger partial charge in [0.25, 0.3) is 0 Å². The topological polar surface area (TPSA) is 56.3 Å². The number of anilines is 1. The molecule has 0 radical (unpaired) electrons. The van der Waals surface area contributed by atoms with Gasteiger partial charge < -0.3 is 10.5 Å². The Morgan fingerprint density at radius 2 is 2.26 bits per heavy atom. The number of ether oxygens (including phenoxy) is 1. The van der Waals surface area contributed by atoms with Crippen LogP contribution in [0.5, 0.6) is 0 Å². The molecule has 1 saturated heterocycles. The number of morpholine rings is 1. The first-order valence-corrected chi connectivity index (χ1v) is 6.83. The fourth-order valence-electron chi connectivity index (χ4n) is 2.66. The minimum Gasteiger partial charge on any atom is -0.382 e. The highest BCUT2D eigenvalue weighted by Gasteiger charge is 2.21. The summed E-state index contributed by atoms with van der Waals surface area (Å²) in [6.07, 6.45) is 0.191. The number of hydrogen-bond acceptors (Lipinski definition) is 4. The van der Waals surface area contributed by atoms with E-state index in [4.69, 9.17) is 10.5 Å². The van der Waals surface area contributed by atoms with Crippen molar-refractivity contribution in [2.45, 2.75) is 19.6 Å². The smallest absolute Gasteiger partial charge is 0.153 e. The molecule has 2 heterocycles. The zero-order valence-corrected chi connectivity index (χ0v) is 11.2. The molecule has 19 heavy (non-hydrogen) atoms. The molecule has 1 aromatic heterocycles. The molecule has 0 saturated carbocycles. The van der Waals surface area contributed by atoms with Gasteiger partial charge in [-0.3, -0.25) is 9.58 Å². The molecule has 1 fully saturated rings. The normalized spacial score (nSPS) is 21.0. The second-order valence-corrected chi connectivity index (χ2v) is 4.97. The number of fused-ring (bicyclic) bond motifs is 1. The number of nitrogen functional groups attached to an aromatic ring is 1. The van der Waals surface area contributed by atoms with Crippen LogP contribution in [0.15, 0.2) is 24.3 Å². The van der Waals surface area contributed by atoms with E-state index < -0.39 is 0 Å². The fourth-order valence-corrected chi connectivity index (χ4v) is 2.66. The Bertz CT molecular complexity index is 566. The quantitative estimate of drug-likeness (QED) is 0.905. The minimum atomic E-state index is 0.191. The Balaban J connectivity index is 1.81. The molecule has 3 rings (SSSR count). The van der Waals surface area contributed by atoms with Crippen LogP contribution in [0.2, 0.25) is 0 Å². The molecule has 0 aliphatic carbocycles. The Morgan fingerprint density at radius 3 is 3.11 bits per heavy atom. The lowest BCUT2D eigenvalue weighted by atomic mass is 10.2. The third-order valence-electron chi connectivity index (χ3n) is 3.73. The zero-order chi connectivity index (χ0) is 13.2. The van der Waals surface area contributed by atoms with Crippen molar-refractivity contribution in [2.75, 3.05) is 32.0 Å². The molecular weight excluding hydrogens is 240 g/mol. The van der Waals surface area contributed by atoms with Crippen LogP contribution in [0, 0.1) is 0 Å². The van der Waals surface area contributed by atoms with Gasteiger partial charge in [-0.05, 0) is 18.7 Å². The molecular formula is C14H20N4O. The largest absolute Gasteiger partial charge is 0.382 e. The van der Waals surface area contributed by atoms with E-state index in [9.17, 15) is 0 Å². The van der Waals surface area contributed by atoms with Crippen molar-refractivity contribution in [1.29, 1.82) is 0 Å². The van der Waals surface area contributed by atoms with Gasteiger partial charge in [-0.25, -0.2) is 0 Å². The molecule has 2 N–H and O–H groups in total. The van der Waals surface area contributed by atoms with Crippen molar-refractivity contribution in [3.8, 4) is 0 Å². The average molecular weight is 260 g/mol. The van der Waals surface area contributed by atoms with E-state index in [1.54, 1.807) is 0 Å². The van der Waals surface area contributed by atoms with E-state index in [2.05, 4.69) is 23.0 Å². The van der Waals surface area contributed by atoms with Crippen molar-refractivity contribution in [3.05, 3.63) is 24.3 Å². The number of aromatic nitrogens is 2. The van der Waals surface area contributed by atoms with Crippen LogP contribution in [-0.4, -0.2) is 47.0 Å². The summed E-state index contributed by atoms with van der Waals surface area (Å²) < 4.78 is 7.80. The number of nitrogens with two attached hydrogens (primary N) is 1. The Labute approximate surface area is 112 Å². The molecule has 0 amide bonds. The zero-order valence-electron chi connectivity index (χ0n) is 11.2. The van der Waals surface area contributed by atoms with Gasteiger partial charge in [0.2, 0.25) is 0 Å². The van der Waals surface area contributed by atoms with Crippen LogP contribution in [0.1, 0.15) is 6.92 Å². The molecule has 0 spiro atoms. The van der Waals surface area contributed by atoms with Crippen molar-refractivity contribution in [2.24, 2.45) is 0 Å². The summed E-state index contributed by atoms with van der Waals surface area (Å²) in [7, 11) is 0. The Morgan fingerprint density at radius 1 is 1.42 bits per heavy atom. The molecule has 5 nitrogen and oxygen atoms in total. The standard InChI is InChI=1S/C14H20N4O/c1-2-17-7-8-19-11(9-17)10-18-13-6-4-3-5-12(13)14(15)16-18/h3-6,11H,2,7-10H2,1H3,(H2,15,16). The van der Waals surface area contributed by atoms with Crippen LogP contribution in [0.25, 0.3) is 10.9 Å². The van der Waals surface area contributed by atoms with Crippen LogP contribution in [0.3, 0.4) is 0 Å². The van der Waals surface area contributed by atoms with Crippen molar-refractivity contribution in [3.63, 3.8) is 0 Å². The molecule has 102 valence electrons. The summed E-state index contributed by atoms with van der Waals surface area (Å²) in [5, 5.41) is 5.45. The van der Waals surface area contributed by atoms with Gasteiger partial charge in [-0.1, -0.05) is 19.1 Å². The van der Waals surface area contributed by atoms with E-state index in [1.165, 1.54) is 0 Å². The summed E-state index contributed by atoms with van der Waals surface area (Å²) in [5.74, 6) is 0.596. The summed E-state index contributed by atoms with van der Waals surface area (Å²) >= 11 is 0. The second kappa shape index (κ2) is 5.19. The maximum Gasteiger partial charge on any atom is 0.153 e. The second-order valence-electron chi connectivity index (χ2n) is 4.97. The van der Waals surface area contributed by atoms with Gasteiger partial charge in [0.1, 0.15) is 0 Å². The van der Waals surface area contributed by atoms with E-state index in [0.29, 0.717) is 5.82 Å². The molecule has 1 unspecified atom stereocenters. The van der Waals surface area contributed by atoms with Crippen LogP contribution in [-0.2, 0) is 11.3 Å². The predicted octanol–water partition coefficient (Wildman–Crippen LogP) is 1.34. The maximum absolute atomic E-state index is 5.95. The highest BCUT2D eigenvalue weighted by Crippen LogP contribution is 2.20. The van der Waals surface area contributed by atoms with E-state index in [-0.39, 0.29) is 6.10 Å². The SMILES string of the molecule is CCN1CCOC(Cn2nc(N)c3ccccc32)C1. The van der Waals surface area contributed by atoms with Gasteiger partial charge in [-0.2, -0.15) is 5.10 Å². The minimum absolute atomic E-state index is 0.191. The Kier molecular flexibility index (Phi) is 3.40. The Hall–Kier alpha value is -1.59. The summed E-state index contributed by atoms with van der Waals surface area (Å²) in [6, 6.07) is 8.06. The predicted molar refractivity (Wildman–Crippen MR) is 76.0 cm³/mol. The first-order chi connectivity index (χ1) is 9.28. The number of likely N-dealkylation sites (N-methyl/N-ethyl adjacent to an activating group) is 1. The van der Waals surface area contributed by atoms with Gasteiger partial charge in [-0.15, -0.1) is 0 Å². The highest BCUT2D eigenvalue weighted by molar-refractivity contribution is 5.88. The van der Waals surface area contributed by atoms with Gasteiger partial charge in [0, 0.05) is 18.5 Å². The molecule has 5 heteroatoms. The van der Waals surface area contributed by atoms with E-state index in [1.807, 2.05) is 22.9 Å². The summed E-state index contributed by atoms with van der Waals surface area (Å²) in [6.45, 7) is 6.80. The highest BCUT2D eigenvalue weighted by atomic mass is 16.5. The number of rotatable bonds is 3. The lowest BCUT2D eigenvalue weighted by Gasteiger charge is -2.32. The summed E-state index contributed by atoms with van der Waals surface area (Å²) in [4.78, 5) is 2.41. The number of benzene rings is 1. The van der Waals surface area contributed by atoms with Gasteiger partial charge >= 0.3 is 0 Å². The maximum atomic E-state index is 5.95. The van der Waals surface area contributed by atoms with Crippen LogP contribution in [0.4, 0.5) is 5.82 Å². The summed E-state index contributed by atoms with van der Waals surface area (Å²) in [5.41, 5.74) is 7.03. The number of nitrogens with zero attached hydrogens (tertiary/aromatic N) is 3. The van der Waals surface area contributed by atoms with Crippen molar-refractivity contribution in [1.82, 2.24) is 14.7 Å². The number of para-hydroxylation sites is 1. The fraction of sp³-hybridized carbons (Fsp3) is 0.500. The first kappa shape index (κ1) is 12.4. The third-order valence-corrected chi connectivity index (χ3v) is 3.73. The van der Waals surface area contributed by atoms with Crippen molar-refractivity contribution >= 4 is 16.7 Å². The molecule has 2 aromatic rings. The molecule has 1 aromatic carbocycles. The van der Waals surface area contributed by atoms with E-state index >= 15 is 0 Å². The van der Waals surface area contributed by atoms with Crippen LogP contribution >= 0.6 is 0 Å². The van der Waals surface area contributed by atoms with E-state index in [0.717, 1.165) is 43.7 Å². The van der Waals surface area contributed by atoms with Crippen molar-refractivity contribution < 1.29 is 4.74 Å². The van der Waals surface area contributed by atoms with Crippen LogP contribution < -0.4 is 5.73 Å². The van der Waals surface area contributed by atoms with Gasteiger partial charge in [0.15, 0.2) is 5.82 Å². The molecule has 1 atom stereocenters. The molecule has 0 bridgehead atoms. The lowest BCUT2D eigenvalue weighted by molar-refractivity contribution is -0.0351. The number of hydrogen-bond donors (Lipinski definition) is 1. The monoisotopic (exact) mass is 260 g/mol. The lowest BCUT2D eigenvalue weighted by Crippen LogP contribution is -2.44. The third kappa shape index (κ3) is 2.43. The average Bonchev–Trinajstić information content (AvgIpc) is 2.76. The first-order valence-electron chi connectivity index (χ1n) is 6.83. The van der Waals surface area contributed by atoms with Gasteiger partial charge in [0.05, 0.1) is 24.8 Å². The molecule has 1 aliphatic rings.